The van der Waals surface area contributed by atoms with E-state index in [1.807, 2.05) is 0 Å². The number of carbonyl (C=O) groups excluding carboxylic acids is 1. The Bertz CT molecular complexity index is 1060. The summed E-state index contributed by atoms with van der Waals surface area (Å²) in [5.41, 5.74) is 0. The molecule has 3 rings (SSSR count). The molecule has 2 heterocycles. The summed E-state index contributed by atoms with van der Waals surface area (Å²) in [6.07, 6.45) is -13.6. The molecule has 0 aromatic rings. The molecule has 13 atom stereocenters. The number of ether oxygens (including phenoxy) is 7. The van der Waals surface area contributed by atoms with E-state index in [4.69, 9.17) is 38.0 Å². The van der Waals surface area contributed by atoms with Gasteiger partial charge in [-0.15, -0.1) is 8.67 Å². The number of hydrogen-bond donors (Lipinski definition) is 0. The highest BCUT2D eigenvalue weighted by Crippen LogP contribution is 2.63. The van der Waals surface area contributed by atoms with Gasteiger partial charge in [0.05, 0.1) is 17.8 Å². The Balaban J connectivity index is 2.03. The highest BCUT2D eigenvalue weighted by molar-refractivity contribution is 7.80. The maximum atomic E-state index is 11.9. The van der Waals surface area contributed by atoms with Crippen molar-refractivity contribution in [1.82, 2.24) is 0 Å². The van der Waals surface area contributed by atoms with Crippen molar-refractivity contribution in [1.29, 1.82) is 0 Å². The molecule has 0 aromatic carbocycles. The molecule has 0 spiro atoms. The number of methoxy groups -OCH3 is 4. The van der Waals surface area contributed by atoms with E-state index in [9.17, 15) is 40.4 Å². The average molecular weight is 661 g/mol. The van der Waals surface area contributed by atoms with Crippen LogP contribution in [0, 0.1) is 11.8 Å². The van der Waals surface area contributed by atoms with Crippen LogP contribution in [0.1, 0.15) is 0 Å². The van der Waals surface area contributed by atoms with Gasteiger partial charge < -0.3 is 56.7 Å². The zero-order chi connectivity index (χ0) is 30.7. The van der Waals surface area contributed by atoms with Crippen molar-refractivity contribution in [3.8, 4) is 0 Å². The maximum absolute atomic E-state index is 11.9. The van der Waals surface area contributed by atoms with Gasteiger partial charge in [0.1, 0.15) is 53.7 Å². The largest absolute Gasteiger partial charge is 0.748 e. The van der Waals surface area contributed by atoms with Gasteiger partial charge in [-0.1, -0.05) is 0 Å². The third-order valence-corrected chi connectivity index (χ3v) is 7.28. The van der Waals surface area contributed by atoms with Gasteiger partial charge in [0.25, 0.3) is 0 Å². The van der Waals surface area contributed by atoms with Crippen LogP contribution >= 0.6 is 0 Å². The van der Waals surface area contributed by atoms with Crippen LogP contribution in [-0.2, 0) is 93.7 Å². The molecule has 21 nitrogen and oxygen atoms in total. The van der Waals surface area contributed by atoms with Crippen LogP contribution in [0.4, 0.5) is 0 Å². The Morgan fingerprint density at radius 3 is 2.00 bits per heavy atom. The predicted octanol–water partition coefficient (Wildman–Crippen LogP) is -4.83. The van der Waals surface area contributed by atoms with Crippen molar-refractivity contribution in [2.24, 2.45) is 11.8 Å². The first-order chi connectivity index (χ1) is 19.2. The summed E-state index contributed by atoms with van der Waals surface area (Å²) in [6.45, 7) is -0.826. The normalized spacial score (nSPS) is 40.5. The minimum absolute atomic E-state index is 0.826. The first kappa shape index (κ1) is 34.6. The van der Waals surface area contributed by atoms with E-state index in [2.05, 4.69) is 17.7 Å². The number of carboxylic acids is 1. The lowest BCUT2D eigenvalue weighted by atomic mass is 9.99. The van der Waals surface area contributed by atoms with Crippen molar-refractivity contribution < 1.29 is 96.2 Å². The van der Waals surface area contributed by atoms with E-state index in [0.717, 1.165) is 14.2 Å². The number of hydrogen-bond acceptors (Lipinski definition) is 21. The molecule has 24 heteroatoms. The van der Waals surface area contributed by atoms with Gasteiger partial charge in [-0.3, -0.25) is 4.18 Å². The van der Waals surface area contributed by atoms with Gasteiger partial charge >= 0.3 is 0 Å². The molecule has 41 heavy (non-hydrogen) atoms. The molecule has 0 N–H and O–H groups in total. The van der Waals surface area contributed by atoms with Crippen LogP contribution in [0.2, 0.25) is 0 Å². The summed E-state index contributed by atoms with van der Waals surface area (Å²) in [7, 11) is -1.11. The second-order valence-electron chi connectivity index (χ2n) is 8.38. The van der Waals surface area contributed by atoms with Crippen LogP contribution in [0.25, 0.3) is 0 Å². The molecule has 7 unspecified atom stereocenters. The van der Waals surface area contributed by atoms with Crippen LogP contribution in [0.15, 0.2) is 0 Å². The van der Waals surface area contributed by atoms with Gasteiger partial charge in [-0.2, -0.15) is 0 Å². The predicted molar refractivity (Wildman–Crippen MR) is 114 cm³/mol. The van der Waals surface area contributed by atoms with Crippen LogP contribution < -0.4 is 5.11 Å². The summed E-state index contributed by atoms with van der Waals surface area (Å²) in [5.74, 6) is -5.98. The topological polar surface area (TPSA) is 288 Å². The Hall–Kier alpha value is -0.880. The third-order valence-electron chi connectivity index (χ3n) is 6.43. The average Bonchev–Trinajstić information content (AvgIpc) is 3.54. The van der Waals surface area contributed by atoms with Gasteiger partial charge in [-0.25, -0.2) is 26.6 Å². The summed E-state index contributed by atoms with van der Waals surface area (Å²) in [6, 6.07) is 0. The standard InChI is InChI=1S/C17H28O21S3/c1-27-9-6(5-31-37-39(20)21)32-16(13(36-41(24,25)26)12(9)35-38-40(22)23)34-17(30-4)7-8(17)11(28-2)15(29-3)33-10(7)14(18)19/h6-13,15-16H,5H2,1-4H3,(H,18,19)(H,20,21)(H,22,23)(H,24,25,26)/p-4/t6?,7-,8-,9+,10?,11?,12-,13?,15+,16-,17?/m0/s1. The molecule has 240 valence electrons. The second kappa shape index (κ2) is 14.3. The highest BCUT2D eigenvalue weighted by Gasteiger charge is 2.78. The number of fused-ring (bicyclic) bond motifs is 1. The molecule has 3 aliphatic rings. The first-order valence-corrected chi connectivity index (χ1v) is 14.4. The summed E-state index contributed by atoms with van der Waals surface area (Å²) < 4.78 is 129. The van der Waals surface area contributed by atoms with Crippen molar-refractivity contribution in [2.45, 2.75) is 55.0 Å². The summed E-state index contributed by atoms with van der Waals surface area (Å²) >= 11 is -6.53. The van der Waals surface area contributed by atoms with Crippen LogP contribution in [0.3, 0.4) is 0 Å². The number of carbonyl (C=O) groups is 1. The number of aliphatic carboxylic acids is 1. The van der Waals surface area contributed by atoms with Crippen molar-refractivity contribution >= 4 is 39.1 Å². The Morgan fingerprint density at radius 1 is 0.878 bits per heavy atom. The smallest absolute Gasteiger partial charge is 0.218 e. The van der Waals surface area contributed by atoms with Gasteiger partial charge in [0.15, 0.2) is 30.6 Å². The van der Waals surface area contributed by atoms with Crippen LogP contribution in [-0.4, -0.2) is 127 Å². The lowest BCUT2D eigenvalue weighted by Crippen LogP contribution is -2.63. The molecule has 1 aliphatic carbocycles. The van der Waals surface area contributed by atoms with Gasteiger partial charge in [0, 0.05) is 28.4 Å². The fraction of sp³-hybridized carbons (Fsp3) is 0.941. The lowest BCUT2D eigenvalue weighted by Gasteiger charge is -2.45. The number of carboxylic acid groups (broad SMARTS) is 1. The molecular weight excluding hydrogens is 636 g/mol. The monoisotopic (exact) mass is 660 g/mol. The second-order valence-corrected chi connectivity index (χ2v) is 10.5. The molecular formula is C17H24O21S3-4. The van der Waals surface area contributed by atoms with E-state index >= 15 is 0 Å². The molecule has 2 saturated heterocycles. The van der Waals surface area contributed by atoms with E-state index in [1.54, 1.807) is 0 Å². The number of rotatable bonds is 16. The zero-order valence-electron chi connectivity index (χ0n) is 21.3. The van der Waals surface area contributed by atoms with Crippen molar-refractivity contribution in [3.63, 3.8) is 0 Å². The highest BCUT2D eigenvalue weighted by atomic mass is 32.3. The van der Waals surface area contributed by atoms with E-state index in [1.165, 1.54) is 14.2 Å². The Morgan fingerprint density at radius 2 is 1.51 bits per heavy atom. The summed E-state index contributed by atoms with van der Waals surface area (Å²) in [4.78, 5) is 21.2. The minimum Gasteiger partial charge on any atom is -0.748 e. The van der Waals surface area contributed by atoms with Gasteiger partial charge in [0.2, 0.25) is 10.4 Å². The van der Waals surface area contributed by atoms with Crippen LogP contribution in [0.5, 0.6) is 0 Å². The zero-order valence-corrected chi connectivity index (χ0v) is 23.7. The molecule has 0 radical (unpaired) electrons. The van der Waals surface area contributed by atoms with Crippen molar-refractivity contribution in [2.75, 3.05) is 35.0 Å². The van der Waals surface area contributed by atoms with E-state index in [0.29, 0.717) is 0 Å². The molecule has 0 bridgehead atoms. The fourth-order valence-corrected chi connectivity index (χ4v) is 5.72. The Labute approximate surface area is 237 Å². The minimum atomic E-state index is -5.63. The summed E-state index contributed by atoms with van der Waals surface area (Å²) in [5, 5.41) is 11.9. The Kier molecular flexibility index (Phi) is 12.0. The third kappa shape index (κ3) is 7.80. The molecule has 1 saturated carbocycles. The molecule has 2 aliphatic heterocycles. The van der Waals surface area contributed by atoms with Gasteiger partial charge in [-0.05, 0) is 0 Å². The first-order valence-electron chi connectivity index (χ1n) is 11.0. The fourth-order valence-electron chi connectivity index (χ4n) is 4.96. The SMILES string of the molecule is COC1[C@H](OC)OC(C(=O)[O-])[C@@H]2[C@@H]1C2(OC)O[C@@H]1OC(COOS(=O)[O-])[C@@H](OC)[C@H](OOS(=O)[O-])C1OS(=O)(=O)[O-]. The molecule has 3 fully saturated rings. The quantitative estimate of drug-likeness (QED) is 0.0374. The van der Waals surface area contributed by atoms with E-state index in [-0.39, 0.29) is 0 Å². The maximum Gasteiger partial charge on any atom is 0.218 e. The lowest BCUT2D eigenvalue weighted by molar-refractivity contribution is -0.390. The molecule has 0 amide bonds. The van der Waals surface area contributed by atoms with Crippen molar-refractivity contribution in [3.05, 3.63) is 0 Å². The van der Waals surface area contributed by atoms with E-state index < -0.39 is 113 Å². The molecule has 0 aromatic heterocycles.